The second-order valence-corrected chi connectivity index (χ2v) is 3.95. The molecular weight excluding hydrogens is 248 g/mol. The van der Waals surface area contributed by atoms with Crippen LogP contribution in [0.4, 0.5) is 0 Å². The second kappa shape index (κ2) is 5.64. The summed E-state index contributed by atoms with van der Waals surface area (Å²) in [5.41, 5.74) is 0. The van der Waals surface area contributed by atoms with Crippen LogP contribution in [0, 0.1) is 6.92 Å². The van der Waals surface area contributed by atoms with E-state index >= 15 is 0 Å². The Morgan fingerprint density at radius 2 is 2.21 bits per heavy atom. The molecule has 0 saturated carbocycles. The Kier molecular flexibility index (Phi) is 3.94. The van der Waals surface area contributed by atoms with Crippen molar-refractivity contribution in [2.75, 3.05) is 6.61 Å². The molecular formula is C12H16N4O3. The summed E-state index contributed by atoms with van der Waals surface area (Å²) in [4.78, 5) is 15.9. The molecule has 19 heavy (non-hydrogen) atoms. The summed E-state index contributed by atoms with van der Waals surface area (Å²) >= 11 is 0. The molecule has 0 aliphatic carbocycles. The number of aromatic nitrogens is 4. The fourth-order valence-electron chi connectivity index (χ4n) is 1.64. The zero-order chi connectivity index (χ0) is 13.8. The van der Waals surface area contributed by atoms with Crippen molar-refractivity contribution in [1.29, 1.82) is 0 Å². The van der Waals surface area contributed by atoms with E-state index in [9.17, 15) is 4.79 Å². The minimum Gasteiger partial charge on any atom is -0.460 e. The van der Waals surface area contributed by atoms with E-state index in [-0.39, 0.29) is 5.82 Å². The average Bonchev–Trinajstić information content (AvgIpc) is 2.98. The first kappa shape index (κ1) is 13.3. The van der Waals surface area contributed by atoms with Gasteiger partial charge in [-0.2, -0.15) is 0 Å². The Bertz CT molecular complexity index is 573. The number of ether oxygens (including phenoxy) is 1. The van der Waals surface area contributed by atoms with E-state index < -0.39 is 5.97 Å². The van der Waals surface area contributed by atoms with Crippen LogP contribution in [0.3, 0.4) is 0 Å². The summed E-state index contributed by atoms with van der Waals surface area (Å²) in [6.45, 7) is 6.10. The molecule has 7 heteroatoms. The predicted molar refractivity (Wildman–Crippen MR) is 65.7 cm³/mol. The maximum Gasteiger partial charge on any atom is 0.376 e. The first-order chi connectivity index (χ1) is 9.15. The molecule has 102 valence electrons. The van der Waals surface area contributed by atoms with Crippen LogP contribution in [0.25, 0.3) is 0 Å². The fraction of sp³-hybridized carbons (Fsp3) is 0.500. The number of carbonyl (C=O) groups excluding carboxylic acids is 1. The van der Waals surface area contributed by atoms with Crippen molar-refractivity contribution in [2.45, 2.75) is 33.7 Å². The van der Waals surface area contributed by atoms with Crippen molar-refractivity contribution in [1.82, 2.24) is 19.7 Å². The van der Waals surface area contributed by atoms with E-state index in [2.05, 4.69) is 15.2 Å². The minimum atomic E-state index is -0.495. The number of aryl methyl sites for hydroxylation is 2. The number of hydrogen-bond donors (Lipinski definition) is 0. The third-order valence-corrected chi connectivity index (χ3v) is 2.64. The third-order valence-electron chi connectivity index (χ3n) is 2.64. The summed E-state index contributed by atoms with van der Waals surface area (Å²) in [7, 11) is 0. The highest BCUT2D eigenvalue weighted by molar-refractivity contribution is 5.85. The molecule has 0 unspecified atom stereocenters. The van der Waals surface area contributed by atoms with Gasteiger partial charge in [-0.05, 0) is 13.8 Å². The fourth-order valence-corrected chi connectivity index (χ4v) is 1.64. The number of esters is 1. The van der Waals surface area contributed by atoms with Crippen molar-refractivity contribution >= 4 is 5.97 Å². The quantitative estimate of drug-likeness (QED) is 0.758. The molecule has 2 aromatic rings. The third kappa shape index (κ3) is 2.81. The molecule has 7 nitrogen and oxygen atoms in total. The second-order valence-electron chi connectivity index (χ2n) is 3.95. The number of rotatable bonds is 5. The van der Waals surface area contributed by atoms with Gasteiger partial charge in [0.25, 0.3) is 0 Å². The summed E-state index contributed by atoms with van der Waals surface area (Å²) in [6.07, 6.45) is 2.46. The molecule has 0 saturated heterocycles. The largest absolute Gasteiger partial charge is 0.460 e. The van der Waals surface area contributed by atoms with Gasteiger partial charge < -0.3 is 9.15 Å². The zero-order valence-corrected chi connectivity index (χ0v) is 11.2. The van der Waals surface area contributed by atoms with Gasteiger partial charge in [0, 0.05) is 6.42 Å². The van der Waals surface area contributed by atoms with Gasteiger partial charge in [0.2, 0.25) is 11.7 Å². The van der Waals surface area contributed by atoms with Crippen LogP contribution >= 0.6 is 0 Å². The Hall–Kier alpha value is -2.18. The van der Waals surface area contributed by atoms with Gasteiger partial charge in [0.1, 0.15) is 18.1 Å². The Balaban J connectivity index is 2.24. The first-order valence-electron chi connectivity index (χ1n) is 6.16. The number of carbonyl (C=O) groups is 1. The van der Waals surface area contributed by atoms with Crippen LogP contribution in [0.1, 0.15) is 41.9 Å². The highest BCUT2D eigenvalue weighted by Gasteiger charge is 2.19. The van der Waals surface area contributed by atoms with Crippen LogP contribution in [-0.2, 0) is 17.7 Å². The van der Waals surface area contributed by atoms with Gasteiger partial charge in [-0.1, -0.05) is 6.92 Å². The highest BCUT2D eigenvalue weighted by atomic mass is 16.5. The minimum absolute atomic E-state index is 0.163. The predicted octanol–water partition coefficient (Wildman–Crippen LogP) is 1.36. The van der Waals surface area contributed by atoms with Crippen LogP contribution < -0.4 is 0 Å². The van der Waals surface area contributed by atoms with Gasteiger partial charge in [-0.15, -0.1) is 10.2 Å². The zero-order valence-electron chi connectivity index (χ0n) is 11.2. The van der Waals surface area contributed by atoms with Crippen molar-refractivity contribution in [2.24, 2.45) is 0 Å². The number of hydrogen-bond acceptors (Lipinski definition) is 6. The topological polar surface area (TPSA) is 83.0 Å². The summed E-state index contributed by atoms with van der Waals surface area (Å²) < 4.78 is 12.1. The standard InChI is InChI=1S/C12H16N4O3/c1-4-9-6-13-10(19-9)7-16-8(3)14-15-11(16)12(17)18-5-2/h6H,4-5,7H2,1-3H3. The van der Waals surface area contributed by atoms with Gasteiger partial charge in [0.05, 0.1) is 12.8 Å². The molecule has 0 aliphatic rings. The Morgan fingerprint density at radius 1 is 1.42 bits per heavy atom. The average molecular weight is 264 g/mol. The van der Waals surface area contributed by atoms with Crippen molar-refractivity contribution in [3.8, 4) is 0 Å². The highest BCUT2D eigenvalue weighted by Crippen LogP contribution is 2.10. The van der Waals surface area contributed by atoms with E-state index in [4.69, 9.17) is 9.15 Å². The SMILES string of the molecule is CCOC(=O)c1nnc(C)n1Cc1ncc(CC)o1. The van der Waals surface area contributed by atoms with Crippen molar-refractivity contribution in [3.63, 3.8) is 0 Å². The maximum atomic E-state index is 11.7. The molecule has 0 spiro atoms. The lowest BCUT2D eigenvalue weighted by molar-refractivity contribution is 0.0506. The molecule has 0 bridgehead atoms. The van der Waals surface area contributed by atoms with Gasteiger partial charge in [-0.3, -0.25) is 4.57 Å². The molecule has 0 radical (unpaired) electrons. The lowest BCUT2D eigenvalue weighted by Gasteiger charge is -2.05. The lowest BCUT2D eigenvalue weighted by Crippen LogP contribution is -2.15. The summed E-state index contributed by atoms with van der Waals surface area (Å²) in [6, 6.07) is 0. The Labute approximate surface area is 110 Å². The van der Waals surface area contributed by atoms with Gasteiger partial charge in [-0.25, -0.2) is 9.78 Å². The van der Waals surface area contributed by atoms with Crippen LogP contribution in [0.15, 0.2) is 10.6 Å². The monoisotopic (exact) mass is 264 g/mol. The summed E-state index contributed by atoms with van der Waals surface area (Å²) in [5.74, 6) is 1.60. The van der Waals surface area contributed by atoms with Crippen molar-refractivity contribution in [3.05, 3.63) is 29.5 Å². The molecule has 0 N–H and O–H groups in total. The molecule has 2 aromatic heterocycles. The molecule has 0 aliphatic heterocycles. The van der Waals surface area contributed by atoms with Crippen LogP contribution in [0.2, 0.25) is 0 Å². The number of oxazole rings is 1. The van der Waals surface area contributed by atoms with Gasteiger partial charge in [0.15, 0.2) is 0 Å². The summed E-state index contributed by atoms with van der Waals surface area (Å²) in [5, 5.41) is 7.71. The van der Waals surface area contributed by atoms with Crippen LogP contribution in [0.5, 0.6) is 0 Å². The van der Waals surface area contributed by atoms with Crippen molar-refractivity contribution < 1.29 is 13.9 Å². The maximum absolute atomic E-state index is 11.7. The smallest absolute Gasteiger partial charge is 0.376 e. The molecule has 2 heterocycles. The molecule has 0 atom stereocenters. The molecule has 0 amide bonds. The van der Waals surface area contributed by atoms with E-state index in [1.165, 1.54) is 0 Å². The lowest BCUT2D eigenvalue weighted by atomic mass is 10.4. The van der Waals surface area contributed by atoms with Gasteiger partial charge >= 0.3 is 5.97 Å². The van der Waals surface area contributed by atoms with Crippen LogP contribution in [-0.4, -0.2) is 32.3 Å². The number of nitrogens with zero attached hydrogens (tertiary/aromatic N) is 4. The first-order valence-corrected chi connectivity index (χ1v) is 6.16. The van der Waals surface area contributed by atoms with E-state index in [0.29, 0.717) is 24.9 Å². The van der Waals surface area contributed by atoms with E-state index in [1.807, 2.05) is 6.92 Å². The normalized spacial score (nSPS) is 10.7. The molecule has 0 aromatic carbocycles. The molecule has 0 fully saturated rings. The molecule has 2 rings (SSSR count). The van der Waals surface area contributed by atoms with E-state index in [0.717, 1.165) is 12.2 Å². The van der Waals surface area contributed by atoms with E-state index in [1.54, 1.807) is 24.6 Å². The Morgan fingerprint density at radius 3 is 2.84 bits per heavy atom.